The molecule has 0 aliphatic carbocycles. The van der Waals surface area contributed by atoms with Gasteiger partial charge in [0.15, 0.2) is 5.96 Å². The van der Waals surface area contributed by atoms with Crippen LogP contribution in [0.25, 0.3) is 0 Å². The van der Waals surface area contributed by atoms with E-state index in [0.29, 0.717) is 0 Å². The summed E-state index contributed by atoms with van der Waals surface area (Å²) < 4.78 is 5.43. The number of ether oxygens (including phenoxy) is 1. The number of guanidine groups is 1. The molecule has 28 heavy (non-hydrogen) atoms. The lowest BCUT2D eigenvalue weighted by Gasteiger charge is -2.32. The standard InChI is InChI=1S/C21H33N5OS/c1-7-26(8-2)20(17-10-9-11-19(12-17)27-6)13-23-21(22-4)25(5)14-18-15-28-16(3)24-18/h9-12,15,20H,7-8,13-14H2,1-6H3,(H,22,23). The van der Waals surface area contributed by atoms with Gasteiger partial charge < -0.3 is 15.0 Å². The maximum absolute atomic E-state index is 5.43. The fourth-order valence-electron chi connectivity index (χ4n) is 3.34. The molecule has 2 aromatic rings. The van der Waals surface area contributed by atoms with Gasteiger partial charge in [0.05, 0.1) is 30.4 Å². The van der Waals surface area contributed by atoms with E-state index in [2.05, 4.69) is 62.5 Å². The van der Waals surface area contributed by atoms with E-state index >= 15 is 0 Å². The fraction of sp³-hybridized carbons (Fsp3) is 0.524. The topological polar surface area (TPSA) is 53.0 Å². The third kappa shape index (κ3) is 5.94. The van der Waals surface area contributed by atoms with Crippen molar-refractivity contribution in [2.45, 2.75) is 33.4 Å². The summed E-state index contributed by atoms with van der Waals surface area (Å²) in [4.78, 5) is 13.6. The average Bonchev–Trinajstić information content (AvgIpc) is 3.12. The predicted molar refractivity (Wildman–Crippen MR) is 118 cm³/mol. The van der Waals surface area contributed by atoms with Gasteiger partial charge in [0.1, 0.15) is 5.75 Å². The van der Waals surface area contributed by atoms with Crippen LogP contribution in [0, 0.1) is 6.92 Å². The molecule has 0 aliphatic heterocycles. The van der Waals surface area contributed by atoms with Crippen LogP contribution < -0.4 is 10.1 Å². The summed E-state index contributed by atoms with van der Waals surface area (Å²) in [5.41, 5.74) is 2.31. The van der Waals surface area contributed by atoms with E-state index in [1.807, 2.05) is 27.1 Å². The second kappa shape index (κ2) is 11.0. The molecular weight excluding hydrogens is 370 g/mol. The van der Waals surface area contributed by atoms with Crippen LogP contribution >= 0.6 is 11.3 Å². The Morgan fingerprint density at radius 1 is 1.32 bits per heavy atom. The zero-order chi connectivity index (χ0) is 20.5. The molecule has 154 valence electrons. The first-order valence-electron chi connectivity index (χ1n) is 9.73. The first-order chi connectivity index (χ1) is 13.5. The Morgan fingerprint density at radius 2 is 2.07 bits per heavy atom. The molecule has 1 aromatic heterocycles. The summed E-state index contributed by atoms with van der Waals surface area (Å²) in [6.45, 7) is 9.88. The number of aromatic nitrogens is 1. The Kier molecular flexibility index (Phi) is 8.73. The van der Waals surface area contributed by atoms with Gasteiger partial charge in [0.2, 0.25) is 0 Å². The predicted octanol–water partition coefficient (Wildman–Crippen LogP) is 3.55. The number of thiazole rings is 1. The van der Waals surface area contributed by atoms with Crippen LogP contribution in [-0.2, 0) is 6.54 Å². The molecule has 0 bridgehead atoms. The Balaban J connectivity index is 2.11. The van der Waals surface area contributed by atoms with Gasteiger partial charge in [-0.25, -0.2) is 4.98 Å². The number of rotatable bonds is 9. The number of hydrogen-bond donors (Lipinski definition) is 1. The summed E-state index contributed by atoms with van der Waals surface area (Å²) in [5.74, 6) is 1.75. The minimum atomic E-state index is 0.233. The number of likely N-dealkylation sites (N-methyl/N-ethyl adjacent to an activating group) is 1. The Bertz CT molecular complexity index is 757. The molecule has 0 saturated carbocycles. The van der Waals surface area contributed by atoms with Crippen molar-refractivity contribution in [1.29, 1.82) is 0 Å². The van der Waals surface area contributed by atoms with E-state index in [1.165, 1.54) is 5.56 Å². The van der Waals surface area contributed by atoms with Crippen LogP contribution in [0.3, 0.4) is 0 Å². The van der Waals surface area contributed by atoms with Gasteiger partial charge in [-0.1, -0.05) is 26.0 Å². The van der Waals surface area contributed by atoms with Crippen LogP contribution in [0.5, 0.6) is 5.75 Å². The van der Waals surface area contributed by atoms with Gasteiger partial charge in [0.25, 0.3) is 0 Å². The van der Waals surface area contributed by atoms with Crippen LogP contribution in [-0.4, -0.2) is 61.6 Å². The molecular formula is C21H33N5OS. The van der Waals surface area contributed by atoms with E-state index in [9.17, 15) is 0 Å². The van der Waals surface area contributed by atoms with Gasteiger partial charge in [-0.2, -0.15) is 0 Å². The van der Waals surface area contributed by atoms with Crippen molar-refractivity contribution in [3.8, 4) is 5.75 Å². The zero-order valence-corrected chi connectivity index (χ0v) is 18.7. The van der Waals surface area contributed by atoms with Crippen molar-refractivity contribution >= 4 is 17.3 Å². The van der Waals surface area contributed by atoms with E-state index in [0.717, 1.165) is 48.6 Å². The fourth-order valence-corrected chi connectivity index (χ4v) is 3.95. The third-order valence-corrected chi connectivity index (χ3v) is 5.65. The number of aryl methyl sites for hydroxylation is 1. The second-order valence-electron chi connectivity index (χ2n) is 6.66. The molecule has 6 nitrogen and oxygen atoms in total. The monoisotopic (exact) mass is 403 g/mol. The number of hydrogen-bond acceptors (Lipinski definition) is 5. The van der Waals surface area contributed by atoms with E-state index in [4.69, 9.17) is 4.74 Å². The summed E-state index contributed by atoms with van der Waals surface area (Å²) in [6.07, 6.45) is 0. The molecule has 1 aromatic carbocycles. The van der Waals surface area contributed by atoms with Crippen molar-refractivity contribution in [3.63, 3.8) is 0 Å². The smallest absolute Gasteiger partial charge is 0.193 e. The van der Waals surface area contributed by atoms with Gasteiger partial charge in [-0.15, -0.1) is 11.3 Å². The van der Waals surface area contributed by atoms with Crippen molar-refractivity contribution < 1.29 is 4.74 Å². The highest BCUT2D eigenvalue weighted by molar-refractivity contribution is 7.09. The SMILES string of the molecule is CCN(CC)C(CNC(=NC)N(C)Cc1csc(C)n1)c1cccc(OC)c1. The number of nitrogens with zero attached hydrogens (tertiary/aromatic N) is 4. The van der Waals surface area contributed by atoms with Gasteiger partial charge in [-0.05, 0) is 37.7 Å². The highest BCUT2D eigenvalue weighted by atomic mass is 32.1. The third-order valence-electron chi connectivity index (χ3n) is 4.82. The van der Waals surface area contributed by atoms with Crippen molar-refractivity contribution in [2.75, 3.05) is 40.8 Å². The number of aliphatic imine (C=N–C) groups is 1. The lowest BCUT2D eigenvalue weighted by Crippen LogP contribution is -2.43. The van der Waals surface area contributed by atoms with Crippen LogP contribution in [0.1, 0.15) is 36.2 Å². The molecule has 0 saturated heterocycles. The number of methoxy groups -OCH3 is 1. The molecule has 1 unspecified atom stereocenters. The molecule has 0 spiro atoms. The Labute approximate surface area is 173 Å². The van der Waals surface area contributed by atoms with Crippen molar-refractivity contribution in [2.24, 2.45) is 4.99 Å². The van der Waals surface area contributed by atoms with Gasteiger partial charge in [0, 0.05) is 26.0 Å². The normalized spacial score (nSPS) is 12.9. The quantitative estimate of drug-likeness (QED) is 0.513. The summed E-state index contributed by atoms with van der Waals surface area (Å²) in [7, 11) is 5.58. The number of nitrogens with one attached hydrogen (secondary N) is 1. The largest absolute Gasteiger partial charge is 0.497 e. The van der Waals surface area contributed by atoms with Gasteiger partial charge >= 0.3 is 0 Å². The molecule has 1 atom stereocenters. The molecule has 2 rings (SSSR count). The van der Waals surface area contributed by atoms with Crippen molar-refractivity contribution in [3.05, 3.63) is 45.9 Å². The first kappa shape index (κ1) is 22.2. The molecule has 1 heterocycles. The minimum Gasteiger partial charge on any atom is -0.497 e. The maximum Gasteiger partial charge on any atom is 0.193 e. The minimum absolute atomic E-state index is 0.233. The highest BCUT2D eigenvalue weighted by Crippen LogP contribution is 2.24. The Morgan fingerprint density at radius 3 is 2.64 bits per heavy atom. The Hall–Kier alpha value is -2.12. The van der Waals surface area contributed by atoms with E-state index < -0.39 is 0 Å². The lowest BCUT2D eigenvalue weighted by atomic mass is 10.0. The summed E-state index contributed by atoms with van der Waals surface area (Å²) in [5, 5.41) is 6.74. The molecule has 0 fully saturated rings. The molecule has 0 aliphatic rings. The molecule has 1 N–H and O–H groups in total. The van der Waals surface area contributed by atoms with Gasteiger partial charge in [-0.3, -0.25) is 9.89 Å². The molecule has 0 amide bonds. The molecule has 7 heteroatoms. The molecule has 0 radical (unpaired) electrons. The van der Waals surface area contributed by atoms with Crippen LogP contribution in [0.15, 0.2) is 34.6 Å². The average molecular weight is 404 g/mol. The first-order valence-corrected chi connectivity index (χ1v) is 10.6. The summed E-state index contributed by atoms with van der Waals surface area (Å²) in [6, 6.07) is 8.55. The number of benzene rings is 1. The highest BCUT2D eigenvalue weighted by Gasteiger charge is 2.20. The van der Waals surface area contributed by atoms with Crippen molar-refractivity contribution in [1.82, 2.24) is 20.1 Å². The van der Waals surface area contributed by atoms with Crippen LogP contribution in [0.2, 0.25) is 0 Å². The van der Waals surface area contributed by atoms with E-state index in [1.54, 1.807) is 18.4 Å². The maximum atomic E-state index is 5.43. The van der Waals surface area contributed by atoms with Crippen LogP contribution in [0.4, 0.5) is 0 Å². The summed E-state index contributed by atoms with van der Waals surface area (Å²) >= 11 is 1.68. The lowest BCUT2D eigenvalue weighted by molar-refractivity contribution is 0.217. The zero-order valence-electron chi connectivity index (χ0n) is 17.9. The second-order valence-corrected chi connectivity index (χ2v) is 7.72. The van der Waals surface area contributed by atoms with E-state index in [-0.39, 0.29) is 6.04 Å².